The zero-order valence-electron chi connectivity index (χ0n) is 7.37. The van der Waals surface area contributed by atoms with E-state index in [9.17, 15) is 4.79 Å². The van der Waals surface area contributed by atoms with Gasteiger partial charge in [0.25, 0.3) is 0 Å². The van der Waals surface area contributed by atoms with Gasteiger partial charge in [-0.2, -0.15) is 5.26 Å². The Bertz CT molecular complexity index is 398. The van der Waals surface area contributed by atoms with Gasteiger partial charge in [-0.3, -0.25) is 5.32 Å². The van der Waals surface area contributed by atoms with Crippen molar-refractivity contribution in [2.24, 2.45) is 0 Å². The lowest BCUT2D eigenvalue weighted by Crippen LogP contribution is -2.11. The summed E-state index contributed by atoms with van der Waals surface area (Å²) in [5.41, 5.74) is 0.673. The Kier molecular flexibility index (Phi) is 3.32. The highest BCUT2D eigenvalue weighted by molar-refractivity contribution is 6.30. The second kappa shape index (κ2) is 4.49. The molecule has 0 spiro atoms. The smallest absolute Gasteiger partial charge is 0.411 e. The summed E-state index contributed by atoms with van der Waals surface area (Å²) in [6.45, 7) is 0. The summed E-state index contributed by atoms with van der Waals surface area (Å²) in [7, 11) is 1.25. The number of nitrogens with one attached hydrogen (secondary N) is 1. The Morgan fingerprint density at radius 2 is 2.36 bits per heavy atom. The molecule has 0 unspecified atom stereocenters. The van der Waals surface area contributed by atoms with E-state index in [0.717, 1.165) is 0 Å². The van der Waals surface area contributed by atoms with Gasteiger partial charge in [-0.25, -0.2) is 4.79 Å². The second-order valence-corrected chi connectivity index (χ2v) is 2.85. The van der Waals surface area contributed by atoms with Crippen LogP contribution in [-0.2, 0) is 4.74 Å². The lowest BCUT2D eigenvalue weighted by atomic mass is 10.2. The highest BCUT2D eigenvalue weighted by Crippen LogP contribution is 2.19. The third kappa shape index (κ3) is 2.38. The number of carbonyl (C=O) groups is 1. The summed E-state index contributed by atoms with van der Waals surface area (Å²) in [6, 6.07) is 6.49. The summed E-state index contributed by atoms with van der Waals surface area (Å²) in [5.74, 6) is 0. The van der Waals surface area contributed by atoms with Gasteiger partial charge in [0.2, 0.25) is 0 Å². The molecule has 1 amide bonds. The van der Waals surface area contributed by atoms with Crippen LogP contribution in [0.15, 0.2) is 18.2 Å². The van der Waals surface area contributed by atoms with Crippen molar-refractivity contribution >= 4 is 23.4 Å². The number of amides is 1. The fourth-order valence-electron chi connectivity index (χ4n) is 0.879. The lowest BCUT2D eigenvalue weighted by molar-refractivity contribution is 0.187. The minimum absolute atomic E-state index is 0.294. The van der Waals surface area contributed by atoms with Gasteiger partial charge in [-0.1, -0.05) is 11.6 Å². The monoisotopic (exact) mass is 210 g/mol. The van der Waals surface area contributed by atoms with Crippen molar-refractivity contribution in [3.8, 4) is 6.07 Å². The molecule has 0 atom stereocenters. The molecule has 0 radical (unpaired) electrons. The summed E-state index contributed by atoms with van der Waals surface area (Å²) in [6.07, 6.45) is -0.621. The van der Waals surface area contributed by atoms with Crippen LogP contribution in [0.4, 0.5) is 10.5 Å². The minimum Gasteiger partial charge on any atom is -0.453 e. The predicted octanol–water partition coefficient (Wildman–Crippen LogP) is 2.39. The quantitative estimate of drug-likeness (QED) is 0.774. The van der Waals surface area contributed by atoms with E-state index in [1.54, 1.807) is 6.07 Å². The molecule has 1 aromatic rings. The van der Waals surface area contributed by atoms with Crippen LogP contribution in [0.1, 0.15) is 5.56 Å². The molecular weight excluding hydrogens is 204 g/mol. The predicted molar refractivity (Wildman–Crippen MR) is 52.2 cm³/mol. The van der Waals surface area contributed by atoms with Crippen LogP contribution in [-0.4, -0.2) is 13.2 Å². The second-order valence-electron chi connectivity index (χ2n) is 2.42. The van der Waals surface area contributed by atoms with Gasteiger partial charge in [-0.15, -0.1) is 0 Å². The van der Waals surface area contributed by atoms with E-state index in [1.165, 1.54) is 19.2 Å². The largest absolute Gasteiger partial charge is 0.453 e. The van der Waals surface area contributed by atoms with Crippen LogP contribution in [0.3, 0.4) is 0 Å². The first-order chi connectivity index (χ1) is 6.67. The number of hydrogen-bond donors (Lipinski definition) is 1. The molecule has 0 aromatic heterocycles. The molecule has 1 rings (SSSR count). The Morgan fingerprint density at radius 3 is 2.93 bits per heavy atom. The number of rotatable bonds is 1. The molecular formula is C9H7ClN2O2. The first-order valence-corrected chi connectivity index (χ1v) is 4.10. The molecule has 1 aromatic carbocycles. The van der Waals surface area contributed by atoms with Crippen LogP contribution < -0.4 is 5.32 Å². The maximum Gasteiger partial charge on any atom is 0.411 e. The molecule has 0 bridgehead atoms. The molecule has 0 saturated heterocycles. The molecule has 5 heteroatoms. The minimum atomic E-state index is -0.621. The van der Waals surface area contributed by atoms with Gasteiger partial charge in [0.1, 0.15) is 6.07 Å². The molecule has 0 fully saturated rings. The third-order valence-corrected chi connectivity index (χ3v) is 1.76. The summed E-state index contributed by atoms with van der Waals surface area (Å²) < 4.78 is 4.39. The van der Waals surface area contributed by atoms with Crippen molar-refractivity contribution in [1.82, 2.24) is 0 Å². The van der Waals surface area contributed by atoms with Gasteiger partial charge >= 0.3 is 6.09 Å². The van der Waals surface area contributed by atoms with Gasteiger partial charge in [0.05, 0.1) is 18.4 Å². The number of anilines is 1. The number of methoxy groups -OCH3 is 1. The van der Waals surface area contributed by atoms with Crippen molar-refractivity contribution < 1.29 is 9.53 Å². The Morgan fingerprint density at radius 1 is 1.64 bits per heavy atom. The van der Waals surface area contributed by atoms with E-state index >= 15 is 0 Å². The van der Waals surface area contributed by atoms with Crippen LogP contribution >= 0.6 is 11.6 Å². The van der Waals surface area contributed by atoms with E-state index in [1.807, 2.05) is 6.07 Å². The number of hydrogen-bond acceptors (Lipinski definition) is 3. The molecule has 0 aliphatic carbocycles. The average molecular weight is 211 g/mol. The van der Waals surface area contributed by atoms with E-state index < -0.39 is 6.09 Å². The first-order valence-electron chi connectivity index (χ1n) is 3.72. The number of nitrogens with zero attached hydrogens (tertiary/aromatic N) is 1. The van der Waals surface area contributed by atoms with Crippen molar-refractivity contribution in [2.45, 2.75) is 0 Å². The average Bonchev–Trinajstić information content (AvgIpc) is 2.20. The van der Waals surface area contributed by atoms with Crippen molar-refractivity contribution in [1.29, 1.82) is 5.26 Å². The summed E-state index contributed by atoms with van der Waals surface area (Å²) >= 11 is 5.67. The topological polar surface area (TPSA) is 62.1 Å². The number of halogens is 1. The van der Waals surface area contributed by atoms with Crippen LogP contribution in [0.2, 0.25) is 5.02 Å². The Hall–Kier alpha value is -1.73. The van der Waals surface area contributed by atoms with Gasteiger partial charge < -0.3 is 4.74 Å². The van der Waals surface area contributed by atoms with Gasteiger partial charge in [0.15, 0.2) is 0 Å². The zero-order chi connectivity index (χ0) is 10.6. The number of benzene rings is 1. The van der Waals surface area contributed by atoms with Crippen molar-refractivity contribution in [2.75, 3.05) is 12.4 Å². The fourth-order valence-corrected chi connectivity index (χ4v) is 1.05. The van der Waals surface area contributed by atoms with Gasteiger partial charge in [-0.05, 0) is 18.2 Å². The normalized spacial score (nSPS) is 8.93. The molecule has 0 aliphatic heterocycles. The maximum atomic E-state index is 10.9. The molecule has 4 nitrogen and oxygen atoms in total. The molecule has 0 aliphatic rings. The zero-order valence-corrected chi connectivity index (χ0v) is 8.13. The highest BCUT2D eigenvalue weighted by Gasteiger charge is 2.06. The Balaban J connectivity index is 2.98. The lowest BCUT2D eigenvalue weighted by Gasteiger charge is -2.05. The van der Waals surface area contributed by atoms with Crippen molar-refractivity contribution in [3.63, 3.8) is 0 Å². The van der Waals surface area contributed by atoms with E-state index in [-0.39, 0.29) is 0 Å². The number of nitriles is 1. The number of carbonyl (C=O) groups excluding carboxylic acids is 1. The fraction of sp³-hybridized carbons (Fsp3) is 0.111. The third-order valence-electron chi connectivity index (χ3n) is 1.52. The molecule has 0 saturated carbocycles. The van der Waals surface area contributed by atoms with Crippen LogP contribution in [0.25, 0.3) is 0 Å². The van der Waals surface area contributed by atoms with Gasteiger partial charge in [0, 0.05) is 5.02 Å². The molecule has 0 heterocycles. The summed E-state index contributed by atoms with van der Waals surface area (Å²) in [4.78, 5) is 10.9. The van der Waals surface area contributed by atoms with Crippen molar-refractivity contribution in [3.05, 3.63) is 28.8 Å². The number of ether oxygens (including phenoxy) is 1. The Labute approximate surface area is 86.0 Å². The summed E-state index contributed by atoms with van der Waals surface area (Å²) in [5, 5.41) is 11.6. The highest BCUT2D eigenvalue weighted by atomic mass is 35.5. The van der Waals surface area contributed by atoms with E-state index in [0.29, 0.717) is 16.3 Å². The molecule has 14 heavy (non-hydrogen) atoms. The van der Waals surface area contributed by atoms with E-state index in [2.05, 4.69) is 10.1 Å². The van der Waals surface area contributed by atoms with Crippen LogP contribution in [0.5, 0.6) is 0 Å². The van der Waals surface area contributed by atoms with E-state index in [4.69, 9.17) is 16.9 Å². The maximum absolute atomic E-state index is 10.9. The SMILES string of the molecule is COC(=O)Nc1ccc(Cl)cc1C#N. The van der Waals surface area contributed by atoms with Crippen LogP contribution in [0, 0.1) is 11.3 Å². The molecule has 1 N–H and O–H groups in total. The standard InChI is InChI=1S/C9H7ClN2O2/c1-14-9(13)12-8-3-2-7(10)4-6(8)5-11/h2-4H,1H3,(H,12,13). The first kappa shape index (κ1) is 10.4. The molecule has 72 valence electrons.